The second kappa shape index (κ2) is 8.95. The first kappa shape index (κ1) is 22.2. The Labute approximate surface area is 198 Å². The number of nitrogens with zero attached hydrogens (tertiary/aromatic N) is 3. The van der Waals surface area contributed by atoms with Crippen LogP contribution < -0.4 is 5.73 Å². The van der Waals surface area contributed by atoms with Crippen LogP contribution in [-0.4, -0.2) is 69.2 Å². The number of aromatic amines is 1. The van der Waals surface area contributed by atoms with Crippen LogP contribution in [0, 0.1) is 0 Å². The number of hydrogen-bond donors (Lipinski definition) is 2. The van der Waals surface area contributed by atoms with E-state index in [1.165, 1.54) is 5.39 Å². The van der Waals surface area contributed by atoms with Gasteiger partial charge in [0, 0.05) is 37.4 Å². The number of urea groups is 1. The molecular formula is C26H29N5O3. The predicted molar refractivity (Wildman–Crippen MR) is 129 cm³/mol. The van der Waals surface area contributed by atoms with E-state index in [2.05, 4.69) is 28.1 Å². The van der Waals surface area contributed by atoms with Crippen molar-refractivity contribution in [2.24, 2.45) is 5.73 Å². The standard InChI is InChI=1S/C26H29N5O3/c27-23(32)18-30-24(33)26(31(25(30)34)13-10-19-6-2-1-3-7-19)11-14-29(15-12-26)17-21-16-20-8-4-5-9-22(20)28-21/h1-9,16,28H,10-15,17-18H2,(H2,27,32). The van der Waals surface area contributed by atoms with Crippen LogP contribution >= 0.6 is 0 Å². The Morgan fingerprint density at radius 2 is 1.71 bits per heavy atom. The van der Waals surface area contributed by atoms with Gasteiger partial charge in [-0.15, -0.1) is 0 Å². The molecule has 0 atom stereocenters. The lowest BCUT2D eigenvalue weighted by molar-refractivity contribution is -0.137. The molecule has 2 aromatic carbocycles. The number of H-pyrrole nitrogens is 1. The summed E-state index contributed by atoms with van der Waals surface area (Å²) in [6, 6.07) is 19.8. The summed E-state index contributed by atoms with van der Waals surface area (Å²) in [5.41, 5.74) is 7.77. The van der Waals surface area contributed by atoms with Gasteiger partial charge >= 0.3 is 6.03 Å². The van der Waals surface area contributed by atoms with Gasteiger partial charge in [0.25, 0.3) is 5.91 Å². The summed E-state index contributed by atoms with van der Waals surface area (Å²) in [6.07, 6.45) is 1.70. The Bertz CT molecular complexity index is 1180. The summed E-state index contributed by atoms with van der Waals surface area (Å²) in [5, 5.41) is 1.18. The van der Waals surface area contributed by atoms with Crippen LogP contribution in [0.4, 0.5) is 4.79 Å². The second-order valence-electron chi connectivity index (χ2n) is 9.22. The number of hydrogen-bond acceptors (Lipinski definition) is 4. The molecule has 1 aromatic heterocycles. The highest BCUT2D eigenvalue weighted by atomic mass is 16.2. The molecule has 3 N–H and O–H groups in total. The van der Waals surface area contributed by atoms with Crippen molar-refractivity contribution in [1.29, 1.82) is 0 Å². The van der Waals surface area contributed by atoms with Crippen LogP contribution in [-0.2, 0) is 22.6 Å². The fourth-order valence-electron chi connectivity index (χ4n) is 5.30. The van der Waals surface area contributed by atoms with Crippen molar-refractivity contribution in [3.63, 3.8) is 0 Å². The molecule has 5 rings (SSSR count). The average molecular weight is 460 g/mol. The molecule has 2 aliphatic heterocycles. The van der Waals surface area contributed by atoms with Crippen molar-refractivity contribution in [3.8, 4) is 0 Å². The van der Waals surface area contributed by atoms with Gasteiger partial charge in [-0.3, -0.25) is 19.4 Å². The fraction of sp³-hybridized carbons (Fsp3) is 0.346. The maximum Gasteiger partial charge on any atom is 0.328 e. The molecule has 0 aliphatic carbocycles. The Hall–Kier alpha value is -3.65. The number of amides is 4. The van der Waals surface area contributed by atoms with E-state index in [1.54, 1.807) is 4.90 Å². The van der Waals surface area contributed by atoms with Crippen LogP contribution in [0.1, 0.15) is 24.1 Å². The summed E-state index contributed by atoms with van der Waals surface area (Å²) in [6.45, 7) is 2.16. The van der Waals surface area contributed by atoms with Crippen molar-refractivity contribution >= 4 is 28.7 Å². The minimum atomic E-state index is -0.918. The van der Waals surface area contributed by atoms with Gasteiger partial charge in [-0.2, -0.15) is 0 Å². The first-order valence-electron chi connectivity index (χ1n) is 11.7. The summed E-state index contributed by atoms with van der Waals surface area (Å²) in [5.74, 6) is -0.979. The van der Waals surface area contributed by atoms with E-state index >= 15 is 0 Å². The largest absolute Gasteiger partial charge is 0.368 e. The SMILES string of the molecule is NC(=O)CN1C(=O)N(CCc2ccccc2)C2(CCN(Cc3cc4ccccc4[nH]3)CC2)C1=O. The molecule has 2 fully saturated rings. The molecule has 1 spiro atoms. The monoisotopic (exact) mass is 459 g/mol. The Morgan fingerprint density at radius 3 is 2.41 bits per heavy atom. The number of aromatic nitrogens is 1. The first-order chi connectivity index (χ1) is 16.5. The number of rotatable bonds is 7. The maximum atomic E-state index is 13.5. The van der Waals surface area contributed by atoms with Crippen molar-refractivity contribution in [1.82, 2.24) is 19.7 Å². The Morgan fingerprint density at radius 1 is 1.00 bits per heavy atom. The summed E-state index contributed by atoms with van der Waals surface area (Å²) in [4.78, 5) is 46.8. The van der Waals surface area contributed by atoms with Gasteiger partial charge < -0.3 is 15.6 Å². The molecule has 4 amide bonds. The zero-order chi connectivity index (χ0) is 23.7. The number of likely N-dealkylation sites (tertiary alicyclic amines) is 1. The van der Waals surface area contributed by atoms with E-state index in [4.69, 9.17) is 5.73 Å². The summed E-state index contributed by atoms with van der Waals surface area (Å²) >= 11 is 0. The van der Waals surface area contributed by atoms with E-state index < -0.39 is 17.5 Å². The highest BCUT2D eigenvalue weighted by molar-refractivity contribution is 6.09. The van der Waals surface area contributed by atoms with Crippen LogP contribution in [0.5, 0.6) is 0 Å². The smallest absolute Gasteiger partial charge is 0.328 e. The van der Waals surface area contributed by atoms with E-state index in [0.717, 1.165) is 28.2 Å². The summed E-state index contributed by atoms with van der Waals surface area (Å²) in [7, 11) is 0. The molecule has 3 heterocycles. The lowest BCUT2D eigenvalue weighted by Gasteiger charge is -2.42. The molecule has 8 nitrogen and oxygen atoms in total. The number of piperidine rings is 1. The third kappa shape index (κ3) is 4.05. The highest BCUT2D eigenvalue weighted by Gasteiger charge is 2.57. The number of para-hydroxylation sites is 1. The third-order valence-electron chi connectivity index (χ3n) is 7.07. The number of carbonyl (C=O) groups excluding carboxylic acids is 3. The molecule has 0 radical (unpaired) electrons. The number of fused-ring (bicyclic) bond motifs is 1. The number of nitrogens with one attached hydrogen (secondary N) is 1. The molecule has 0 saturated carbocycles. The molecule has 2 saturated heterocycles. The molecule has 8 heteroatoms. The summed E-state index contributed by atoms with van der Waals surface area (Å²) < 4.78 is 0. The minimum absolute atomic E-state index is 0.297. The van der Waals surface area contributed by atoms with Crippen molar-refractivity contribution in [3.05, 3.63) is 71.9 Å². The average Bonchev–Trinajstić information content (AvgIpc) is 3.32. The minimum Gasteiger partial charge on any atom is -0.368 e. The normalized spacial score (nSPS) is 18.4. The van der Waals surface area contributed by atoms with Gasteiger partial charge in [0.05, 0.1) is 0 Å². The van der Waals surface area contributed by atoms with E-state index in [0.29, 0.717) is 38.9 Å². The lowest BCUT2D eigenvalue weighted by Crippen LogP contribution is -2.56. The van der Waals surface area contributed by atoms with Gasteiger partial charge in [-0.05, 0) is 42.3 Å². The zero-order valence-corrected chi connectivity index (χ0v) is 19.1. The number of nitrogens with two attached hydrogens (primary N) is 1. The van der Waals surface area contributed by atoms with Gasteiger partial charge in [0.1, 0.15) is 12.1 Å². The molecule has 3 aromatic rings. The molecular weight excluding hydrogens is 430 g/mol. The van der Waals surface area contributed by atoms with Crippen LogP contribution in [0.3, 0.4) is 0 Å². The van der Waals surface area contributed by atoms with Gasteiger partial charge in [0.2, 0.25) is 5.91 Å². The molecule has 176 valence electrons. The molecule has 0 unspecified atom stereocenters. The van der Waals surface area contributed by atoms with Crippen molar-refractivity contribution < 1.29 is 14.4 Å². The quantitative estimate of drug-likeness (QED) is 0.530. The van der Waals surface area contributed by atoms with Gasteiger partial charge in [0.15, 0.2) is 0 Å². The van der Waals surface area contributed by atoms with Crippen molar-refractivity contribution in [2.45, 2.75) is 31.3 Å². The lowest BCUT2D eigenvalue weighted by atomic mass is 9.85. The van der Waals surface area contributed by atoms with Crippen LogP contribution in [0.2, 0.25) is 0 Å². The highest BCUT2D eigenvalue weighted by Crippen LogP contribution is 2.37. The number of benzene rings is 2. The number of primary amides is 1. The van der Waals surface area contributed by atoms with Gasteiger partial charge in [-0.25, -0.2) is 4.79 Å². The Kier molecular flexibility index (Phi) is 5.83. The van der Waals surface area contributed by atoms with Crippen LogP contribution in [0.25, 0.3) is 10.9 Å². The first-order valence-corrected chi connectivity index (χ1v) is 11.7. The zero-order valence-electron chi connectivity index (χ0n) is 19.1. The maximum absolute atomic E-state index is 13.5. The predicted octanol–water partition coefficient (Wildman–Crippen LogP) is 2.49. The third-order valence-corrected chi connectivity index (χ3v) is 7.07. The molecule has 34 heavy (non-hydrogen) atoms. The van der Waals surface area contributed by atoms with E-state index in [9.17, 15) is 14.4 Å². The van der Waals surface area contributed by atoms with Crippen LogP contribution in [0.15, 0.2) is 60.7 Å². The second-order valence-corrected chi connectivity index (χ2v) is 9.22. The topological polar surface area (TPSA) is 103 Å². The molecule has 0 bridgehead atoms. The van der Waals surface area contributed by atoms with E-state index in [-0.39, 0.29) is 12.5 Å². The fourth-order valence-corrected chi connectivity index (χ4v) is 5.30. The van der Waals surface area contributed by atoms with Crippen molar-refractivity contribution in [2.75, 3.05) is 26.2 Å². The van der Waals surface area contributed by atoms with Gasteiger partial charge in [-0.1, -0.05) is 48.5 Å². The Balaban J connectivity index is 1.32. The number of imide groups is 1. The molecule has 2 aliphatic rings. The number of carbonyl (C=O) groups is 3. The van der Waals surface area contributed by atoms with E-state index in [1.807, 2.05) is 42.5 Å².